The van der Waals surface area contributed by atoms with Crippen molar-refractivity contribution in [2.24, 2.45) is 0 Å². The first-order valence-electron chi connectivity index (χ1n) is 6.95. The maximum absolute atomic E-state index is 12.1. The Hall–Kier alpha value is -2.29. The van der Waals surface area contributed by atoms with Crippen LogP contribution in [0.25, 0.3) is 0 Å². The van der Waals surface area contributed by atoms with Crippen molar-refractivity contribution in [1.82, 2.24) is 0 Å². The predicted molar refractivity (Wildman–Crippen MR) is 82.2 cm³/mol. The number of anilines is 2. The van der Waals surface area contributed by atoms with E-state index < -0.39 is 0 Å². The molecule has 3 nitrogen and oxygen atoms in total. The fourth-order valence-corrected chi connectivity index (χ4v) is 2.10. The highest BCUT2D eigenvalue weighted by Crippen LogP contribution is 2.25. The molecular weight excluding hydrogens is 248 g/mol. The summed E-state index contributed by atoms with van der Waals surface area (Å²) in [6, 6.07) is 16.1. The van der Waals surface area contributed by atoms with Crippen molar-refractivity contribution in [1.29, 1.82) is 0 Å². The zero-order chi connectivity index (χ0) is 13.9. The summed E-state index contributed by atoms with van der Waals surface area (Å²) in [6.45, 7) is 1.98. The van der Waals surface area contributed by atoms with Crippen LogP contribution < -0.4 is 10.6 Å². The third-order valence-electron chi connectivity index (χ3n) is 3.37. The number of carbonyl (C=O) groups excluding carboxylic acids is 1. The molecule has 1 aliphatic rings. The van der Waals surface area contributed by atoms with Crippen LogP contribution in [0.1, 0.15) is 28.8 Å². The highest BCUT2D eigenvalue weighted by atomic mass is 16.1. The number of benzene rings is 2. The van der Waals surface area contributed by atoms with Crippen molar-refractivity contribution in [3.05, 3.63) is 59.7 Å². The van der Waals surface area contributed by atoms with E-state index in [0.717, 1.165) is 16.9 Å². The van der Waals surface area contributed by atoms with E-state index in [0.29, 0.717) is 11.6 Å². The maximum Gasteiger partial charge on any atom is 0.255 e. The third-order valence-corrected chi connectivity index (χ3v) is 3.37. The zero-order valence-electron chi connectivity index (χ0n) is 11.5. The second kappa shape index (κ2) is 5.37. The Labute approximate surface area is 119 Å². The Bertz CT molecular complexity index is 615. The van der Waals surface area contributed by atoms with Gasteiger partial charge < -0.3 is 10.6 Å². The Kier molecular flexibility index (Phi) is 3.42. The molecule has 1 amide bonds. The molecule has 2 N–H and O–H groups in total. The van der Waals surface area contributed by atoms with Gasteiger partial charge in [-0.05, 0) is 56.2 Å². The van der Waals surface area contributed by atoms with Crippen molar-refractivity contribution < 1.29 is 4.79 Å². The van der Waals surface area contributed by atoms with Gasteiger partial charge in [-0.25, -0.2) is 0 Å². The van der Waals surface area contributed by atoms with Crippen LogP contribution >= 0.6 is 0 Å². The van der Waals surface area contributed by atoms with Crippen LogP contribution in [-0.2, 0) is 0 Å². The fraction of sp³-hybridized carbons (Fsp3) is 0.235. The van der Waals surface area contributed by atoms with E-state index in [1.165, 1.54) is 12.8 Å². The molecule has 0 atom stereocenters. The molecule has 1 saturated carbocycles. The lowest BCUT2D eigenvalue weighted by Crippen LogP contribution is -2.12. The lowest BCUT2D eigenvalue weighted by molar-refractivity contribution is 0.102. The van der Waals surface area contributed by atoms with E-state index in [1.807, 2.05) is 55.5 Å². The molecule has 0 bridgehead atoms. The highest BCUT2D eigenvalue weighted by molar-refractivity contribution is 6.04. The minimum absolute atomic E-state index is 0.0726. The number of hydrogen-bond donors (Lipinski definition) is 2. The van der Waals surface area contributed by atoms with Crippen LogP contribution in [0.2, 0.25) is 0 Å². The lowest BCUT2D eigenvalue weighted by Gasteiger charge is -2.08. The van der Waals surface area contributed by atoms with Crippen LogP contribution in [0.3, 0.4) is 0 Å². The molecule has 1 fully saturated rings. The standard InChI is InChI=1S/C17H18N2O/c1-12-3-2-4-13(11-12)17(20)19-16-9-7-15(8-10-16)18-14-5-6-14/h2-4,7-11,14,18H,5-6H2,1H3,(H,19,20). The number of amides is 1. The largest absolute Gasteiger partial charge is 0.382 e. The molecule has 0 spiro atoms. The Balaban J connectivity index is 1.65. The first kappa shape index (κ1) is 12.7. The third kappa shape index (κ3) is 3.18. The van der Waals surface area contributed by atoms with Crippen LogP contribution in [0, 0.1) is 6.92 Å². The number of nitrogens with one attached hydrogen (secondary N) is 2. The Morgan fingerprint density at radius 1 is 1.05 bits per heavy atom. The maximum atomic E-state index is 12.1. The Morgan fingerprint density at radius 3 is 2.40 bits per heavy atom. The second-order valence-electron chi connectivity index (χ2n) is 5.32. The first-order valence-corrected chi connectivity index (χ1v) is 6.95. The van der Waals surface area contributed by atoms with E-state index >= 15 is 0 Å². The monoisotopic (exact) mass is 266 g/mol. The number of rotatable bonds is 4. The van der Waals surface area contributed by atoms with Gasteiger partial charge in [-0.1, -0.05) is 17.7 Å². The highest BCUT2D eigenvalue weighted by Gasteiger charge is 2.20. The molecule has 20 heavy (non-hydrogen) atoms. The summed E-state index contributed by atoms with van der Waals surface area (Å²) < 4.78 is 0. The molecule has 0 aliphatic heterocycles. The number of hydrogen-bond acceptors (Lipinski definition) is 2. The van der Waals surface area contributed by atoms with E-state index in [1.54, 1.807) is 0 Å². The van der Waals surface area contributed by atoms with Gasteiger partial charge in [-0.15, -0.1) is 0 Å². The first-order chi connectivity index (χ1) is 9.70. The SMILES string of the molecule is Cc1cccc(C(=O)Nc2ccc(NC3CC3)cc2)c1. The summed E-state index contributed by atoms with van der Waals surface area (Å²) in [6.07, 6.45) is 2.51. The van der Waals surface area contributed by atoms with Gasteiger partial charge in [0.1, 0.15) is 0 Å². The van der Waals surface area contributed by atoms with Gasteiger partial charge in [0.25, 0.3) is 5.91 Å². The summed E-state index contributed by atoms with van der Waals surface area (Å²) in [4.78, 5) is 12.1. The minimum Gasteiger partial charge on any atom is -0.382 e. The molecule has 2 aromatic carbocycles. The number of carbonyl (C=O) groups is 1. The minimum atomic E-state index is -0.0726. The van der Waals surface area contributed by atoms with Gasteiger partial charge in [0.05, 0.1) is 0 Å². The van der Waals surface area contributed by atoms with E-state index in [-0.39, 0.29) is 5.91 Å². The summed E-state index contributed by atoms with van der Waals surface area (Å²) in [7, 11) is 0. The van der Waals surface area contributed by atoms with Crippen LogP contribution in [0.4, 0.5) is 11.4 Å². The normalized spacial score (nSPS) is 13.8. The van der Waals surface area contributed by atoms with Crippen molar-refractivity contribution in [2.45, 2.75) is 25.8 Å². The summed E-state index contributed by atoms with van der Waals surface area (Å²) in [5.41, 5.74) is 3.70. The smallest absolute Gasteiger partial charge is 0.255 e. The molecule has 0 saturated heterocycles. The zero-order valence-corrected chi connectivity index (χ0v) is 11.5. The molecule has 0 unspecified atom stereocenters. The van der Waals surface area contributed by atoms with Gasteiger partial charge in [0.2, 0.25) is 0 Å². The molecule has 3 heteroatoms. The molecule has 0 heterocycles. The molecule has 0 aromatic heterocycles. The molecule has 2 aromatic rings. The van der Waals surface area contributed by atoms with E-state index in [4.69, 9.17) is 0 Å². The van der Waals surface area contributed by atoms with Gasteiger partial charge in [-0.2, -0.15) is 0 Å². The molecule has 102 valence electrons. The van der Waals surface area contributed by atoms with Crippen LogP contribution in [0.5, 0.6) is 0 Å². The lowest BCUT2D eigenvalue weighted by atomic mass is 10.1. The van der Waals surface area contributed by atoms with Crippen molar-refractivity contribution >= 4 is 17.3 Å². The molecule has 1 aliphatic carbocycles. The van der Waals surface area contributed by atoms with Gasteiger partial charge in [0.15, 0.2) is 0 Å². The predicted octanol–water partition coefficient (Wildman–Crippen LogP) is 3.82. The van der Waals surface area contributed by atoms with Crippen LogP contribution in [-0.4, -0.2) is 11.9 Å². The van der Waals surface area contributed by atoms with Crippen molar-refractivity contribution in [3.63, 3.8) is 0 Å². The van der Waals surface area contributed by atoms with E-state index in [2.05, 4.69) is 10.6 Å². The van der Waals surface area contributed by atoms with Gasteiger partial charge in [0, 0.05) is 23.0 Å². The van der Waals surface area contributed by atoms with Gasteiger partial charge in [-0.3, -0.25) is 4.79 Å². The van der Waals surface area contributed by atoms with E-state index in [9.17, 15) is 4.79 Å². The second-order valence-corrected chi connectivity index (χ2v) is 5.32. The van der Waals surface area contributed by atoms with Gasteiger partial charge >= 0.3 is 0 Å². The molecule has 0 radical (unpaired) electrons. The summed E-state index contributed by atoms with van der Waals surface area (Å²) in [5.74, 6) is -0.0726. The molecular formula is C17H18N2O. The average Bonchev–Trinajstić information content (AvgIpc) is 3.25. The summed E-state index contributed by atoms with van der Waals surface area (Å²) >= 11 is 0. The Morgan fingerprint density at radius 2 is 1.75 bits per heavy atom. The summed E-state index contributed by atoms with van der Waals surface area (Å²) in [5, 5.41) is 6.34. The average molecular weight is 266 g/mol. The molecule has 3 rings (SSSR count). The number of aryl methyl sites for hydroxylation is 1. The topological polar surface area (TPSA) is 41.1 Å². The van der Waals surface area contributed by atoms with Crippen LogP contribution in [0.15, 0.2) is 48.5 Å². The van der Waals surface area contributed by atoms with Crippen molar-refractivity contribution in [3.8, 4) is 0 Å². The van der Waals surface area contributed by atoms with Crippen molar-refractivity contribution in [2.75, 3.05) is 10.6 Å². The fourth-order valence-electron chi connectivity index (χ4n) is 2.10. The quantitative estimate of drug-likeness (QED) is 0.883.